The van der Waals surface area contributed by atoms with E-state index >= 15 is 0 Å². The average Bonchev–Trinajstić information content (AvgIpc) is 3.98. The molecule has 71 heavy (non-hydrogen) atoms. The number of nitrogens with zero attached hydrogens (tertiary/aromatic N) is 7. The lowest BCUT2D eigenvalue weighted by Crippen LogP contribution is -2.57. The molecule has 0 saturated heterocycles. The van der Waals surface area contributed by atoms with E-state index in [1.165, 1.54) is 16.2 Å². The fraction of sp³-hybridized carbons (Fsp3) is 0.462. The lowest BCUT2D eigenvalue weighted by Gasteiger charge is -2.61. The number of carbonyl (C=O) groups excluding carboxylic acids is 4. The van der Waals surface area contributed by atoms with E-state index in [1.54, 1.807) is 25.4 Å². The number of rotatable bonds is 16. The largest absolute Gasteiger partial charge is 0.476 e. The SMILES string of the molecule is Cc1c(-c2ccc(N3CCc4cccc(C(=O)Nc5nc6ccccc6s5)c4C3)nc2C(=O)O)cnn1CC1(C)CC2(C)CC(C)(C)CC(OCCN(C)C(=O)C(CCN3C(=O)C=CC3=O)S(=O)O)(C1)C2. The number of para-hydroxylation sites is 1. The van der Waals surface area contributed by atoms with Crippen LogP contribution in [0, 0.1) is 23.2 Å². The zero-order valence-electron chi connectivity index (χ0n) is 40.9. The van der Waals surface area contributed by atoms with Crippen LogP contribution < -0.4 is 10.2 Å². The summed E-state index contributed by atoms with van der Waals surface area (Å²) in [6.45, 7) is 12.8. The predicted molar refractivity (Wildman–Crippen MR) is 270 cm³/mol. The number of carboxylic acids is 1. The van der Waals surface area contributed by atoms with Gasteiger partial charge in [0.1, 0.15) is 11.1 Å². The monoisotopic (exact) mass is 1000 g/mol. The van der Waals surface area contributed by atoms with Gasteiger partial charge in [0.25, 0.3) is 17.7 Å². The summed E-state index contributed by atoms with van der Waals surface area (Å²) in [5.74, 6) is -2.54. The van der Waals surface area contributed by atoms with Gasteiger partial charge >= 0.3 is 5.97 Å². The summed E-state index contributed by atoms with van der Waals surface area (Å²) < 4.78 is 32.3. The molecule has 3 N–H and O–H groups in total. The lowest BCUT2D eigenvalue weighted by atomic mass is 9.48. The van der Waals surface area contributed by atoms with E-state index in [0.29, 0.717) is 60.1 Å². The number of amides is 4. The van der Waals surface area contributed by atoms with Gasteiger partial charge in [-0.2, -0.15) is 5.10 Å². The van der Waals surface area contributed by atoms with Gasteiger partial charge in [-0.25, -0.2) is 19.0 Å². The number of aromatic carboxylic acids is 1. The molecule has 5 heterocycles. The van der Waals surface area contributed by atoms with Crippen LogP contribution in [-0.4, -0.2) is 117 Å². The lowest BCUT2D eigenvalue weighted by molar-refractivity contribution is -0.195. The Hall–Kier alpha value is -6.15. The number of nitrogens with one attached hydrogen (secondary N) is 1. The minimum absolute atomic E-state index is 0.0261. The Morgan fingerprint density at radius 1 is 0.944 bits per heavy atom. The highest BCUT2D eigenvalue weighted by Crippen LogP contribution is 2.63. The van der Waals surface area contributed by atoms with Gasteiger partial charge < -0.3 is 24.2 Å². The van der Waals surface area contributed by atoms with Crippen molar-refractivity contribution in [3.8, 4) is 11.1 Å². The van der Waals surface area contributed by atoms with Crippen LogP contribution in [0.4, 0.5) is 10.9 Å². The molecule has 2 fully saturated rings. The zero-order valence-corrected chi connectivity index (χ0v) is 42.5. The van der Waals surface area contributed by atoms with E-state index < -0.39 is 45.6 Å². The predicted octanol–water partition coefficient (Wildman–Crippen LogP) is 7.51. The van der Waals surface area contributed by atoms with Crippen molar-refractivity contribution in [3.05, 3.63) is 101 Å². The number of hydrogen-bond donors (Lipinski definition) is 3. The molecule has 2 saturated carbocycles. The summed E-state index contributed by atoms with van der Waals surface area (Å²) >= 11 is -1.11. The van der Waals surface area contributed by atoms with Crippen molar-refractivity contribution in [2.24, 2.45) is 16.2 Å². The third-order valence-corrected chi connectivity index (χ3v) is 16.5. The van der Waals surface area contributed by atoms with Crippen molar-refractivity contribution in [2.45, 2.75) is 104 Å². The fourth-order valence-corrected chi connectivity index (χ4v) is 14.2. The first kappa shape index (κ1) is 49.8. The summed E-state index contributed by atoms with van der Waals surface area (Å²) in [5, 5.41) is 17.7. The second kappa shape index (κ2) is 19.1. The molecule has 4 amide bonds. The van der Waals surface area contributed by atoms with Crippen molar-refractivity contribution in [3.63, 3.8) is 0 Å². The molecule has 5 unspecified atom stereocenters. The van der Waals surface area contributed by atoms with Gasteiger partial charge in [-0.05, 0) is 110 Å². The normalized spacial score (nSPS) is 23.4. The number of carbonyl (C=O) groups is 5. The Bertz CT molecular complexity index is 2970. The van der Waals surface area contributed by atoms with Gasteiger partial charge in [-0.15, -0.1) is 0 Å². The standard InChI is InChI=1S/C52H60N8O9S2/c1-32-36(34-14-15-41(55-44(34)47(65)66)58-20-18-33-10-9-11-35(37(33)25-58)45(63)56-48-54-38-12-7-8-13-39(38)70-48)24-53-60(32)31-51(5)28-50(4)26-49(2,3)27-52(29-50,30-51)69-23-22-57(6)46(64)40(71(67)68)19-21-59-42(61)16-17-43(59)62/h7-17,24,40H,18-23,25-31H2,1-6H3,(H,65,66)(H,67,68)(H,54,56,63). The second-order valence-corrected chi connectivity index (χ2v) is 23.6. The van der Waals surface area contributed by atoms with E-state index in [2.05, 4.69) is 38.0 Å². The minimum Gasteiger partial charge on any atom is -0.476 e. The first-order valence-corrected chi connectivity index (χ1v) is 25.9. The van der Waals surface area contributed by atoms with Gasteiger partial charge in [-0.3, -0.25) is 34.1 Å². The number of benzene rings is 2. The van der Waals surface area contributed by atoms with E-state index in [1.807, 2.05) is 59.0 Å². The van der Waals surface area contributed by atoms with Crippen LogP contribution in [0.25, 0.3) is 21.3 Å². The molecule has 9 rings (SSSR count). The molecule has 4 aliphatic rings. The summed E-state index contributed by atoms with van der Waals surface area (Å²) in [5.41, 5.74) is 4.17. The number of anilines is 2. The maximum absolute atomic E-state index is 13.7. The van der Waals surface area contributed by atoms with Crippen molar-refractivity contribution in [1.82, 2.24) is 29.5 Å². The number of ether oxygens (including phenoxy) is 1. The number of hydrogen-bond acceptors (Lipinski definition) is 12. The van der Waals surface area contributed by atoms with Crippen molar-refractivity contribution in [1.29, 1.82) is 0 Å². The van der Waals surface area contributed by atoms with Gasteiger partial charge in [0, 0.05) is 74.3 Å². The number of carboxylic acid groups (broad SMARTS) is 1. The molecule has 2 aliphatic heterocycles. The molecule has 0 spiro atoms. The van der Waals surface area contributed by atoms with E-state index in [0.717, 1.165) is 69.8 Å². The number of thiazole rings is 1. The summed E-state index contributed by atoms with van der Waals surface area (Å²) in [7, 11) is 1.56. The van der Waals surface area contributed by atoms with Crippen molar-refractivity contribution in [2.75, 3.05) is 43.5 Å². The first-order valence-electron chi connectivity index (χ1n) is 24.0. The molecular weight excluding hydrogens is 945 g/mol. The smallest absolute Gasteiger partial charge is 0.355 e. The molecule has 17 nitrogen and oxygen atoms in total. The van der Waals surface area contributed by atoms with Crippen LogP contribution in [-0.2, 0) is 49.7 Å². The molecule has 374 valence electrons. The quantitative estimate of drug-likeness (QED) is 0.0645. The molecule has 19 heteroatoms. The Morgan fingerprint density at radius 2 is 1.70 bits per heavy atom. The summed E-state index contributed by atoms with van der Waals surface area (Å²) in [6.07, 6.45) is 8.71. The molecular formula is C52H60N8O9S2. The highest BCUT2D eigenvalue weighted by atomic mass is 32.2. The molecule has 2 aromatic carbocycles. The van der Waals surface area contributed by atoms with Gasteiger partial charge in [-0.1, -0.05) is 63.3 Å². The third kappa shape index (κ3) is 10.3. The van der Waals surface area contributed by atoms with E-state index in [-0.39, 0.29) is 54.0 Å². The average molecular weight is 1010 g/mol. The Kier molecular flexibility index (Phi) is 13.4. The topological polar surface area (TPSA) is 217 Å². The number of fused-ring (bicyclic) bond motifs is 4. The zero-order chi connectivity index (χ0) is 50.6. The maximum Gasteiger partial charge on any atom is 0.355 e. The summed E-state index contributed by atoms with van der Waals surface area (Å²) in [6, 6.07) is 17.1. The number of pyridine rings is 1. The molecule has 3 aromatic heterocycles. The third-order valence-electron chi connectivity index (χ3n) is 14.7. The van der Waals surface area contributed by atoms with Crippen LogP contribution in [0.3, 0.4) is 0 Å². The highest BCUT2D eigenvalue weighted by molar-refractivity contribution is 7.80. The molecule has 2 bridgehead atoms. The fourth-order valence-electron chi connectivity index (χ4n) is 12.7. The Labute approximate surface area is 418 Å². The van der Waals surface area contributed by atoms with Gasteiger partial charge in [0.05, 0.1) is 28.6 Å². The van der Waals surface area contributed by atoms with Crippen molar-refractivity contribution >= 4 is 73.2 Å². The second-order valence-electron chi connectivity index (χ2n) is 21.4. The minimum atomic E-state index is -2.53. The molecule has 2 aliphatic carbocycles. The van der Waals surface area contributed by atoms with Crippen LogP contribution in [0.15, 0.2) is 72.9 Å². The molecule has 5 aromatic rings. The van der Waals surface area contributed by atoms with E-state index in [9.17, 15) is 37.8 Å². The number of imide groups is 1. The number of aromatic nitrogens is 4. The van der Waals surface area contributed by atoms with Crippen LogP contribution in [0.5, 0.6) is 0 Å². The van der Waals surface area contributed by atoms with Gasteiger partial charge in [0.2, 0.25) is 5.91 Å². The van der Waals surface area contributed by atoms with Gasteiger partial charge in [0.15, 0.2) is 21.9 Å². The molecule has 5 atom stereocenters. The number of likely N-dealkylation sites (N-methyl/N-ethyl adjacent to an activating group) is 1. The Morgan fingerprint density at radius 3 is 2.44 bits per heavy atom. The van der Waals surface area contributed by atoms with Crippen LogP contribution in [0.2, 0.25) is 0 Å². The van der Waals surface area contributed by atoms with Crippen LogP contribution >= 0.6 is 11.3 Å². The summed E-state index contributed by atoms with van der Waals surface area (Å²) in [4.78, 5) is 78.0. The maximum atomic E-state index is 13.7. The van der Waals surface area contributed by atoms with Crippen LogP contribution in [0.1, 0.15) is 104 Å². The first-order chi connectivity index (χ1) is 33.6. The van der Waals surface area contributed by atoms with Crippen molar-refractivity contribution < 1.29 is 42.6 Å². The molecule has 0 radical (unpaired) electrons. The Balaban J connectivity index is 0.889. The van der Waals surface area contributed by atoms with E-state index in [4.69, 9.17) is 14.8 Å². The highest BCUT2D eigenvalue weighted by Gasteiger charge is 2.58.